The fraction of sp³-hybridized carbons (Fsp3) is 0.421. The standard InChI is InChI=1S/C19H23NO5S/c1-14(2)25-17-7-5-15(6-8-17)19(21)20(12-18-4-3-10-24-18)16-9-11-26(22,23)13-16/h3-8,10,14,16H,9,11-13H2,1-2H3/t16-/m1/s1. The average Bonchev–Trinajstić information content (AvgIpc) is 3.21. The lowest BCUT2D eigenvalue weighted by Crippen LogP contribution is -2.40. The molecule has 6 nitrogen and oxygen atoms in total. The summed E-state index contributed by atoms with van der Waals surface area (Å²) in [7, 11) is -3.10. The van der Waals surface area contributed by atoms with Crippen molar-refractivity contribution < 1.29 is 22.4 Å². The number of nitrogens with zero attached hydrogens (tertiary/aromatic N) is 1. The van der Waals surface area contributed by atoms with Crippen LogP contribution in [0.1, 0.15) is 36.4 Å². The number of hydrogen-bond acceptors (Lipinski definition) is 5. The van der Waals surface area contributed by atoms with Crippen molar-refractivity contribution in [2.45, 2.75) is 39.0 Å². The summed E-state index contributed by atoms with van der Waals surface area (Å²) < 4.78 is 34.7. The zero-order chi connectivity index (χ0) is 18.7. The first kappa shape index (κ1) is 18.5. The summed E-state index contributed by atoms with van der Waals surface area (Å²) in [5.74, 6) is 1.22. The van der Waals surface area contributed by atoms with E-state index in [-0.39, 0.29) is 36.1 Å². The summed E-state index contributed by atoms with van der Waals surface area (Å²) in [5, 5.41) is 0. The van der Waals surface area contributed by atoms with Crippen LogP contribution < -0.4 is 4.74 Å². The van der Waals surface area contributed by atoms with Crippen LogP contribution in [-0.2, 0) is 16.4 Å². The summed E-state index contributed by atoms with van der Waals surface area (Å²) in [4.78, 5) is 14.7. The van der Waals surface area contributed by atoms with E-state index in [9.17, 15) is 13.2 Å². The molecule has 1 amide bonds. The van der Waals surface area contributed by atoms with Crippen molar-refractivity contribution in [3.63, 3.8) is 0 Å². The Morgan fingerprint density at radius 3 is 2.54 bits per heavy atom. The molecule has 0 spiro atoms. The second-order valence-electron chi connectivity index (χ2n) is 6.76. The molecule has 0 unspecified atom stereocenters. The molecule has 2 heterocycles. The van der Waals surface area contributed by atoms with Gasteiger partial charge in [-0.25, -0.2) is 8.42 Å². The van der Waals surface area contributed by atoms with Crippen LogP contribution in [0.4, 0.5) is 0 Å². The number of ether oxygens (including phenoxy) is 1. The predicted molar refractivity (Wildman–Crippen MR) is 97.8 cm³/mol. The Morgan fingerprint density at radius 1 is 1.27 bits per heavy atom. The maximum atomic E-state index is 13.1. The average molecular weight is 377 g/mol. The Balaban J connectivity index is 1.82. The third-order valence-electron chi connectivity index (χ3n) is 4.29. The van der Waals surface area contributed by atoms with E-state index >= 15 is 0 Å². The van der Waals surface area contributed by atoms with Gasteiger partial charge < -0.3 is 14.1 Å². The lowest BCUT2D eigenvalue weighted by atomic mass is 10.1. The van der Waals surface area contributed by atoms with Crippen LogP contribution in [0, 0.1) is 0 Å². The molecule has 0 aliphatic carbocycles. The fourth-order valence-electron chi connectivity index (χ4n) is 3.07. The summed E-state index contributed by atoms with van der Waals surface area (Å²) in [6.07, 6.45) is 2.04. The van der Waals surface area contributed by atoms with Gasteiger partial charge in [-0.3, -0.25) is 4.79 Å². The first-order chi connectivity index (χ1) is 12.3. The molecule has 1 fully saturated rings. The molecule has 0 N–H and O–H groups in total. The van der Waals surface area contributed by atoms with E-state index in [0.29, 0.717) is 23.5 Å². The number of benzene rings is 1. The zero-order valence-electron chi connectivity index (χ0n) is 14.9. The van der Waals surface area contributed by atoms with E-state index in [1.54, 1.807) is 47.6 Å². The SMILES string of the molecule is CC(C)Oc1ccc(C(=O)N(Cc2ccco2)[C@@H]2CCS(=O)(=O)C2)cc1. The number of rotatable bonds is 6. The van der Waals surface area contributed by atoms with E-state index in [4.69, 9.17) is 9.15 Å². The van der Waals surface area contributed by atoms with Crippen LogP contribution in [-0.4, -0.2) is 42.9 Å². The Bertz CT molecular complexity index is 841. The van der Waals surface area contributed by atoms with E-state index in [1.807, 2.05) is 13.8 Å². The number of hydrogen-bond donors (Lipinski definition) is 0. The van der Waals surface area contributed by atoms with Crippen molar-refractivity contribution >= 4 is 15.7 Å². The van der Waals surface area contributed by atoms with Gasteiger partial charge in [0, 0.05) is 11.6 Å². The molecular formula is C19H23NO5S. The fourth-order valence-corrected chi connectivity index (χ4v) is 4.80. The minimum absolute atomic E-state index is 0.00596. The molecule has 140 valence electrons. The monoisotopic (exact) mass is 377 g/mol. The largest absolute Gasteiger partial charge is 0.491 e. The summed E-state index contributed by atoms with van der Waals surface area (Å²) in [6.45, 7) is 4.12. The van der Waals surface area contributed by atoms with Gasteiger partial charge in [0.05, 0.1) is 30.4 Å². The number of amides is 1. The highest BCUT2D eigenvalue weighted by atomic mass is 32.2. The summed E-state index contributed by atoms with van der Waals surface area (Å²) >= 11 is 0. The minimum Gasteiger partial charge on any atom is -0.491 e. The Labute approximate surface area is 153 Å². The van der Waals surface area contributed by atoms with Crippen molar-refractivity contribution in [3.05, 3.63) is 54.0 Å². The molecule has 1 atom stereocenters. The minimum atomic E-state index is -3.10. The molecule has 3 rings (SSSR count). The smallest absolute Gasteiger partial charge is 0.254 e. The topological polar surface area (TPSA) is 76.8 Å². The maximum Gasteiger partial charge on any atom is 0.254 e. The number of carbonyl (C=O) groups excluding carboxylic acids is 1. The second-order valence-corrected chi connectivity index (χ2v) is 8.99. The Hall–Kier alpha value is -2.28. The molecule has 1 aromatic heterocycles. The van der Waals surface area contributed by atoms with E-state index in [0.717, 1.165) is 0 Å². The van der Waals surface area contributed by atoms with Gasteiger partial charge in [-0.2, -0.15) is 0 Å². The molecular weight excluding hydrogens is 354 g/mol. The highest BCUT2D eigenvalue weighted by Crippen LogP contribution is 2.23. The van der Waals surface area contributed by atoms with Crippen molar-refractivity contribution in [3.8, 4) is 5.75 Å². The molecule has 1 saturated heterocycles. The number of sulfone groups is 1. The Kier molecular flexibility index (Phi) is 5.36. The lowest BCUT2D eigenvalue weighted by Gasteiger charge is -2.27. The predicted octanol–water partition coefficient (Wildman–Crippen LogP) is 2.90. The molecule has 7 heteroatoms. The zero-order valence-corrected chi connectivity index (χ0v) is 15.7. The molecule has 1 aromatic carbocycles. The Morgan fingerprint density at radius 2 is 2.00 bits per heavy atom. The molecule has 0 saturated carbocycles. The van der Waals surface area contributed by atoms with Crippen molar-refractivity contribution in [1.29, 1.82) is 0 Å². The molecule has 0 bridgehead atoms. The van der Waals surface area contributed by atoms with E-state index < -0.39 is 9.84 Å². The highest BCUT2D eigenvalue weighted by Gasteiger charge is 2.35. The van der Waals surface area contributed by atoms with Crippen LogP contribution in [0.3, 0.4) is 0 Å². The van der Waals surface area contributed by atoms with Gasteiger partial charge >= 0.3 is 0 Å². The summed E-state index contributed by atoms with van der Waals surface area (Å²) in [5.41, 5.74) is 0.497. The van der Waals surface area contributed by atoms with Gasteiger partial charge in [0.15, 0.2) is 9.84 Å². The quantitative estimate of drug-likeness (QED) is 0.774. The van der Waals surface area contributed by atoms with Crippen molar-refractivity contribution in [2.24, 2.45) is 0 Å². The highest BCUT2D eigenvalue weighted by molar-refractivity contribution is 7.91. The molecule has 2 aromatic rings. The molecule has 1 aliphatic rings. The van der Waals surface area contributed by atoms with Gasteiger partial charge in [0.1, 0.15) is 11.5 Å². The van der Waals surface area contributed by atoms with Gasteiger partial charge in [0.2, 0.25) is 0 Å². The van der Waals surface area contributed by atoms with Crippen LogP contribution in [0.15, 0.2) is 47.1 Å². The third kappa shape index (κ3) is 4.46. The first-order valence-electron chi connectivity index (χ1n) is 8.64. The van der Waals surface area contributed by atoms with Crippen LogP contribution in [0.5, 0.6) is 5.75 Å². The van der Waals surface area contributed by atoms with Gasteiger partial charge in [-0.05, 0) is 56.7 Å². The second kappa shape index (κ2) is 7.53. The van der Waals surface area contributed by atoms with Crippen LogP contribution in [0.2, 0.25) is 0 Å². The first-order valence-corrected chi connectivity index (χ1v) is 10.5. The van der Waals surface area contributed by atoms with Crippen molar-refractivity contribution in [1.82, 2.24) is 4.90 Å². The molecule has 26 heavy (non-hydrogen) atoms. The van der Waals surface area contributed by atoms with Crippen LogP contribution >= 0.6 is 0 Å². The van der Waals surface area contributed by atoms with E-state index in [1.165, 1.54) is 0 Å². The normalized spacial score (nSPS) is 18.8. The lowest BCUT2D eigenvalue weighted by molar-refractivity contribution is 0.0666. The van der Waals surface area contributed by atoms with Gasteiger partial charge in [-0.1, -0.05) is 0 Å². The van der Waals surface area contributed by atoms with Gasteiger partial charge in [0.25, 0.3) is 5.91 Å². The molecule has 0 radical (unpaired) electrons. The van der Waals surface area contributed by atoms with Crippen LogP contribution in [0.25, 0.3) is 0 Å². The third-order valence-corrected chi connectivity index (χ3v) is 6.04. The maximum absolute atomic E-state index is 13.1. The van der Waals surface area contributed by atoms with E-state index in [2.05, 4.69) is 0 Å². The number of carbonyl (C=O) groups is 1. The van der Waals surface area contributed by atoms with Gasteiger partial charge in [-0.15, -0.1) is 0 Å². The number of furan rings is 1. The molecule has 1 aliphatic heterocycles. The van der Waals surface area contributed by atoms with Crippen molar-refractivity contribution in [2.75, 3.05) is 11.5 Å². The summed E-state index contributed by atoms with van der Waals surface area (Å²) in [6, 6.07) is 10.1.